The van der Waals surface area contributed by atoms with Crippen molar-refractivity contribution in [3.05, 3.63) is 58.8 Å². The largest absolute Gasteiger partial charge is 0.494 e. The molecule has 0 saturated carbocycles. The summed E-state index contributed by atoms with van der Waals surface area (Å²) in [6.07, 6.45) is 4.41. The van der Waals surface area contributed by atoms with Crippen molar-refractivity contribution in [1.29, 1.82) is 0 Å². The summed E-state index contributed by atoms with van der Waals surface area (Å²) in [4.78, 5) is 39.2. The lowest BCUT2D eigenvalue weighted by atomic mass is 9.85. The number of para-hydroxylation sites is 1. The van der Waals surface area contributed by atoms with Crippen molar-refractivity contribution in [1.82, 2.24) is 29.1 Å². The summed E-state index contributed by atoms with van der Waals surface area (Å²) in [5.41, 5.74) is 5.78. The average molecular weight is 714 g/mol. The molecule has 2 aromatic carbocycles. The van der Waals surface area contributed by atoms with Gasteiger partial charge in [-0.05, 0) is 94.1 Å². The van der Waals surface area contributed by atoms with Gasteiger partial charge in [0.05, 0.1) is 24.4 Å². The monoisotopic (exact) mass is 713 g/mol. The van der Waals surface area contributed by atoms with Crippen LogP contribution in [0.4, 0.5) is 5.69 Å². The molecule has 3 aliphatic heterocycles. The molecule has 3 fully saturated rings. The lowest BCUT2D eigenvalue weighted by Crippen LogP contribution is -2.52. The molecule has 0 aliphatic carbocycles. The van der Waals surface area contributed by atoms with Crippen molar-refractivity contribution in [2.45, 2.75) is 90.9 Å². The lowest BCUT2D eigenvalue weighted by Gasteiger charge is -2.38. The van der Waals surface area contributed by atoms with Gasteiger partial charge in [-0.15, -0.1) is 0 Å². The van der Waals surface area contributed by atoms with E-state index in [9.17, 15) is 9.59 Å². The number of aryl methyl sites for hydroxylation is 1. The zero-order valence-corrected chi connectivity index (χ0v) is 33.1. The number of carbonyl (C=O) groups excluding carboxylic acids is 2. The summed E-state index contributed by atoms with van der Waals surface area (Å²) in [6, 6.07) is 13.4. The number of benzene rings is 2. The maximum absolute atomic E-state index is 14.2. The highest BCUT2D eigenvalue weighted by Gasteiger charge is 2.33. The molecular formula is C42H63N7O3. The van der Waals surface area contributed by atoms with Crippen LogP contribution in [0.1, 0.15) is 87.5 Å². The standard InChI is InChI=1S/C42H63N7O3/c1-9-48(10-2)34-16-19-46(20-17-34)29-32-25-33(42(3,4)5)27-35(39(32)52-8)43-40(50)37-26-30-13-11-14-31(38(30)45(37)7)28-47-21-23-49(24-22-47)41(51)36-15-12-18-44(36)6/h11,13-14,25-27,34,36H,9-10,12,15-24,28-29H2,1-8H3,(H,43,50)/t36-/m0/s1. The van der Waals surface area contributed by atoms with Crippen LogP contribution in [0.15, 0.2) is 36.4 Å². The highest BCUT2D eigenvalue weighted by atomic mass is 16.5. The van der Waals surface area contributed by atoms with Crippen LogP contribution >= 0.6 is 0 Å². The third-order valence-electron chi connectivity index (χ3n) is 12.0. The van der Waals surface area contributed by atoms with E-state index in [1.807, 2.05) is 17.7 Å². The summed E-state index contributed by atoms with van der Waals surface area (Å²) in [5.74, 6) is 0.875. The highest BCUT2D eigenvalue weighted by Crippen LogP contribution is 2.37. The molecule has 10 heteroatoms. The van der Waals surface area contributed by atoms with E-state index in [1.165, 1.54) is 24.0 Å². The first kappa shape index (κ1) is 38.3. The minimum Gasteiger partial charge on any atom is -0.494 e. The fraction of sp³-hybridized carbons (Fsp3) is 0.619. The number of anilines is 1. The first-order valence-electron chi connectivity index (χ1n) is 19.7. The van der Waals surface area contributed by atoms with Gasteiger partial charge in [-0.25, -0.2) is 0 Å². The average Bonchev–Trinajstić information content (AvgIpc) is 3.72. The number of ether oxygens (including phenoxy) is 1. The number of methoxy groups -OCH3 is 1. The molecule has 52 heavy (non-hydrogen) atoms. The number of nitrogens with one attached hydrogen (secondary N) is 1. The molecule has 0 radical (unpaired) electrons. The third-order valence-corrected chi connectivity index (χ3v) is 12.0. The van der Waals surface area contributed by atoms with E-state index >= 15 is 0 Å². The van der Waals surface area contributed by atoms with Gasteiger partial charge >= 0.3 is 0 Å². The molecule has 10 nitrogen and oxygen atoms in total. The van der Waals surface area contributed by atoms with E-state index in [0.717, 1.165) is 113 Å². The second kappa shape index (κ2) is 16.3. The predicted molar refractivity (Wildman–Crippen MR) is 211 cm³/mol. The summed E-state index contributed by atoms with van der Waals surface area (Å²) in [5, 5.41) is 4.34. The van der Waals surface area contributed by atoms with Crippen molar-refractivity contribution >= 4 is 28.4 Å². The number of likely N-dealkylation sites (N-methyl/N-ethyl adjacent to an activating group) is 1. The molecule has 3 aliphatic rings. The van der Waals surface area contributed by atoms with Crippen molar-refractivity contribution in [2.75, 3.05) is 78.4 Å². The summed E-state index contributed by atoms with van der Waals surface area (Å²) >= 11 is 0. The van der Waals surface area contributed by atoms with E-state index in [1.54, 1.807) is 7.11 Å². The zero-order valence-electron chi connectivity index (χ0n) is 33.1. The van der Waals surface area contributed by atoms with Gasteiger partial charge in [0.2, 0.25) is 5.91 Å². The molecule has 1 atom stereocenters. The van der Waals surface area contributed by atoms with Crippen LogP contribution in [-0.4, -0.2) is 126 Å². The van der Waals surface area contributed by atoms with E-state index in [-0.39, 0.29) is 23.3 Å². The Hall–Kier alpha value is -3.44. The maximum Gasteiger partial charge on any atom is 0.272 e. The molecule has 1 aromatic heterocycles. The molecule has 3 saturated heterocycles. The van der Waals surface area contributed by atoms with Crippen LogP contribution in [0.3, 0.4) is 0 Å². The smallest absolute Gasteiger partial charge is 0.272 e. The number of hydrogen-bond acceptors (Lipinski definition) is 7. The van der Waals surface area contributed by atoms with E-state index in [4.69, 9.17) is 4.74 Å². The zero-order chi connectivity index (χ0) is 37.2. The number of amides is 2. The predicted octanol–water partition coefficient (Wildman–Crippen LogP) is 5.78. The Bertz CT molecular complexity index is 1710. The topological polar surface area (TPSA) is 76.5 Å². The molecule has 0 spiro atoms. The SMILES string of the molecule is CCN(CC)C1CCN(Cc2cc(C(C)(C)C)cc(NC(=O)c3cc4cccc(CN5CCN(C(=O)[C@@H]6CCCN6C)CC5)c4n3C)c2OC)CC1. The lowest BCUT2D eigenvalue weighted by molar-refractivity contribution is -0.137. The molecular weight excluding hydrogens is 651 g/mol. The van der Waals surface area contributed by atoms with Crippen molar-refractivity contribution < 1.29 is 14.3 Å². The number of piperazine rings is 1. The maximum atomic E-state index is 14.2. The van der Waals surface area contributed by atoms with Gasteiger partial charge in [0.1, 0.15) is 11.4 Å². The van der Waals surface area contributed by atoms with E-state index < -0.39 is 0 Å². The van der Waals surface area contributed by atoms with Gasteiger partial charge in [0.25, 0.3) is 5.91 Å². The van der Waals surface area contributed by atoms with E-state index in [0.29, 0.717) is 11.7 Å². The van der Waals surface area contributed by atoms with Gasteiger partial charge in [-0.3, -0.25) is 24.3 Å². The Labute approximate surface area is 312 Å². The fourth-order valence-electron chi connectivity index (χ4n) is 8.83. The molecule has 0 unspecified atom stereocenters. The van der Waals surface area contributed by atoms with Gasteiger partial charge in [-0.2, -0.15) is 0 Å². The van der Waals surface area contributed by atoms with Crippen LogP contribution in [-0.2, 0) is 30.3 Å². The van der Waals surface area contributed by atoms with Crippen LogP contribution in [0.25, 0.3) is 10.9 Å². The third kappa shape index (κ3) is 8.20. The number of fused-ring (bicyclic) bond motifs is 1. The number of carbonyl (C=O) groups is 2. The minimum atomic E-state index is -0.149. The van der Waals surface area contributed by atoms with Crippen molar-refractivity contribution in [2.24, 2.45) is 7.05 Å². The Kier molecular flexibility index (Phi) is 12.0. The van der Waals surface area contributed by atoms with Crippen molar-refractivity contribution in [3.8, 4) is 5.75 Å². The summed E-state index contributed by atoms with van der Waals surface area (Å²) in [6.45, 7) is 21.3. The second-order valence-corrected chi connectivity index (χ2v) is 16.3. The Morgan fingerprint density at radius 1 is 0.865 bits per heavy atom. The number of likely N-dealkylation sites (tertiary alicyclic amines) is 2. The fourth-order valence-corrected chi connectivity index (χ4v) is 8.83. The Morgan fingerprint density at radius 3 is 2.15 bits per heavy atom. The van der Waals surface area contributed by atoms with Crippen LogP contribution < -0.4 is 10.1 Å². The molecule has 3 aromatic rings. The molecule has 0 bridgehead atoms. The summed E-state index contributed by atoms with van der Waals surface area (Å²) < 4.78 is 8.12. The van der Waals surface area contributed by atoms with Crippen molar-refractivity contribution in [3.63, 3.8) is 0 Å². The van der Waals surface area contributed by atoms with Crippen LogP contribution in [0, 0.1) is 0 Å². The van der Waals surface area contributed by atoms with Crippen LogP contribution in [0.2, 0.25) is 0 Å². The number of hydrogen-bond donors (Lipinski definition) is 1. The van der Waals surface area contributed by atoms with Crippen LogP contribution in [0.5, 0.6) is 5.75 Å². The molecule has 284 valence electrons. The molecule has 6 rings (SSSR count). The van der Waals surface area contributed by atoms with Gasteiger partial charge < -0.3 is 24.4 Å². The summed E-state index contributed by atoms with van der Waals surface area (Å²) in [7, 11) is 5.77. The first-order chi connectivity index (χ1) is 24.9. The van der Waals surface area contributed by atoms with E-state index in [2.05, 4.69) is 102 Å². The Morgan fingerprint density at radius 2 is 1.54 bits per heavy atom. The number of piperidine rings is 1. The van der Waals surface area contributed by atoms with Gasteiger partial charge in [0, 0.05) is 63.3 Å². The minimum absolute atomic E-state index is 0.0381. The normalized spacial score (nSPS) is 19.9. The number of aromatic nitrogens is 1. The van der Waals surface area contributed by atoms with Gasteiger partial charge in [0.15, 0.2) is 0 Å². The quantitative estimate of drug-likeness (QED) is 0.270. The van der Waals surface area contributed by atoms with Gasteiger partial charge in [-0.1, -0.05) is 58.9 Å². The number of rotatable bonds is 11. The molecule has 2 amide bonds. The second-order valence-electron chi connectivity index (χ2n) is 16.3. The first-order valence-corrected chi connectivity index (χ1v) is 19.7. The highest BCUT2D eigenvalue weighted by molar-refractivity contribution is 6.07. The Balaban J connectivity index is 1.18. The number of nitrogens with zero attached hydrogens (tertiary/aromatic N) is 6. The molecule has 4 heterocycles. The molecule has 1 N–H and O–H groups in total.